The van der Waals surface area contributed by atoms with Gasteiger partial charge in [-0.15, -0.1) is 0 Å². The molecule has 0 spiro atoms. The highest BCUT2D eigenvalue weighted by Gasteiger charge is 2.41. The molecular weight excluding hydrogens is 532 g/mol. The summed E-state index contributed by atoms with van der Waals surface area (Å²) in [7, 11) is 1.40. The largest absolute Gasteiger partial charge is 0.481 e. The van der Waals surface area contributed by atoms with Crippen LogP contribution in [0.4, 0.5) is 32.0 Å². The second-order valence-electron chi connectivity index (χ2n) is 9.03. The first kappa shape index (κ1) is 29.7. The summed E-state index contributed by atoms with van der Waals surface area (Å²) < 4.78 is 77.5. The number of amides is 2. The molecule has 3 rings (SSSR count). The maximum Gasteiger partial charge on any atom is 0.389 e. The molecule has 7 nitrogen and oxygen atoms in total. The number of anilines is 1. The first-order chi connectivity index (χ1) is 18.2. The van der Waals surface area contributed by atoms with Crippen LogP contribution in [-0.2, 0) is 14.4 Å². The van der Waals surface area contributed by atoms with Crippen LogP contribution in [0, 0.1) is 11.8 Å². The van der Waals surface area contributed by atoms with Gasteiger partial charge in [-0.25, -0.2) is 4.99 Å². The summed E-state index contributed by atoms with van der Waals surface area (Å²) in [4.78, 5) is 43.9. The Balaban J connectivity index is 2.00. The van der Waals surface area contributed by atoms with Crippen LogP contribution in [0.3, 0.4) is 0 Å². The molecule has 2 aromatic rings. The quantitative estimate of drug-likeness (QED) is 0.427. The summed E-state index contributed by atoms with van der Waals surface area (Å²) in [5.41, 5.74) is 1.75. The molecule has 0 aromatic heterocycles. The van der Waals surface area contributed by atoms with Gasteiger partial charge in [0.15, 0.2) is 0 Å². The Morgan fingerprint density at radius 2 is 1.46 bits per heavy atom. The van der Waals surface area contributed by atoms with Crippen molar-refractivity contribution in [3.63, 3.8) is 0 Å². The Labute approximate surface area is 219 Å². The number of hydrogen-bond donors (Lipinski definition) is 2. The lowest BCUT2D eigenvalue weighted by Crippen LogP contribution is -2.49. The number of benzene rings is 2. The number of fused-ring (bicyclic) bond motifs is 1. The molecule has 0 bridgehead atoms. The summed E-state index contributed by atoms with van der Waals surface area (Å²) in [6.45, 7) is 0. The van der Waals surface area contributed by atoms with Crippen molar-refractivity contribution in [2.75, 3.05) is 11.9 Å². The lowest BCUT2D eigenvalue weighted by molar-refractivity contribution is -0.159. The first-order valence-corrected chi connectivity index (χ1v) is 11.8. The number of nitrogens with zero attached hydrogens (tertiary/aromatic N) is 2. The molecule has 13 heteroatoms. The number of benzodiazepines with no additional fused rings is 1. The van der Waals surface area contributed by atoms with Gasteiger partial charge < -0.3 is 15.3 Å². The van der Waals surface area contributed by atoms with Gasteiger partial charge in [-0.05, 0) is 18.9 Å². The fourth-order valence-corrected chi connectivity index (χ4v) is 4.33. The maximum absolute atomic E-state index is 13.3. The normalized spacial score (nSPS) is 17.5. The lowest BCUT2D eigenvalue weighted by atomic mass is 9.84. The van der Waals surface area contributed by atoms with Crippen molar-refractivity contribution in [1.29, 1.82) is 0 Å². The first-order valence-electron chi connectivity index (χ1n) is 11.8. The van der Waals surface area contributed by atoms with Crippen molar-refractivity contribution < 1.29 is 45.8 Å². The highest BCUT2D eigenvalue weighted by Crippen LogP contribution is 2.33. The zero-order chi connectivity index (χ0) is 29.0. The smallest absolute Gasteiger partial charge is 0.389 e. The molecule has 1 aliphatic rings. The lowest BCUT2D eigenvalue weighted by Gasteiger charge is -2.26. The highest BCUT2D eigenvalue weighted by atomic mass is 19.4. The van der Waals surface area contributed by atoms with Crippen molar-refractivity contribution in [1.82, 2.24) is 5.32 Å². The summed E-state index contributed by atoms with van der Waals surface area (Å²) in [6, 6.07) is 15.2. The molecule has 0 saturated carbocycles. The Kier molecular flexibility index (Phi) is 9.03. The summed E-state index contributed by atoms with van der Waals surface area (Å²) in [5.74, 6) is -8.04. The molecule has 0 radical (unpaired) electrons. The van der Waals surface area contributed by atoms with Crippen LogP contribution in [0.15, 0.2) is 59.6 Å². The van der Waals surface area contributed by atoms with Gasteiger partial charge in [0.2, 0.25) is 12.1 Å². The van der Waals surface area contributed by atoms with Gasteiger partial charge in [-0.3, -0.25) is 14.4 Å². The van der Waals surface area contributed by atoms with E-state index >= 15 is 0 Å². The van der Waals surface area contributed by atoms with E-state index in [0.717, 1.165) is 0 Å². The van der Waals surface area contributed by atoms with E-state index in [-0.39, 0.29) is 5.71 Å². The zero-order valence-electron chi connectivity index (χ0n) is 20.6. The molecule has 2 N–H and O–H groups in total. The van der Waals surface area contributed by atoms with Crippen LogP contribution in [0.25, 0.3) is 0 Å². The average molecular weight is 557 g/mol. The minimum absolute atomic E-state index is 0.271. The van der Waals surface area contributed by atoms with Gasteiger partial charge in [0.25, 0.3) is 5.91 Å². The molecule has 0 unspecified atom stereocenters. The monoisotopic (exact) mass is 557 g/mol. The van der Waals surface area contributed by atoms with E-state index in [1.54, 1.807) is 54.6 Å². The van der Waals surface area contributed by atoms with Crippen molar-refractivity contribution in [2.24, 2.45) is 16.8 Å². The van der Waals surface area contributed by atoms with Gasteiger partial charge >= 0.3 is 18.3 Å². The predicted molar refractivity (Wildman–Crippen MR) is 129 cm³/mol. The molecule has 39 heavy (non-hydrogen) atoms. The standard InChI is InChI=1S/C26H25F6N3O4/c1-35-19-10-6-5-9-18(19)20(15-7-3-2-4-8-15)33-21(23(35)37)34-22(36)16(11-13-25(27,28)29)17(24(38)39)12-14-26(30,31)32/h2-10,16-17,21H,11-14H2,1H3,(H,34,36)(H,38,39)/t16-,17-,21-/m1/s1. The summed E-state index contributed by atoms with van der Waals surface area (Å²) >= 11 is 0. The third kappa shape index (κ3) is 7.80. The van der Waals surface area contributed by atoms with Gasteiger partial charge in [0, 0.05) is 31.0 Å². The van der Waals surface area contributed by atoms with Gasteiger partial charge in [0.1, 0.15) is 0 Å². The van der Waals surface area contributed by atoms with Crippen molar-refractivity contribution in [2.45, 2.75) is 44.2 Å². The van der Waals surface area contributed by atoms with Crippen LogP contribution in [0.5, 0.6) is 0 Å². The number of aliphatic imine (C=N–C) groups is 1. The predicted octanol–water partition coefficient (Wildman–Crippen LogP) is 4.94. The number of rotatable bonds is 9. The molecule has 0 saturated heterocycles. The summed E-state index contributed by atoms with van der Waals surface area (Å²) in [6.07, 6.45) is -16.7. The van der Waals surface area contributed by atoms with E-state index in [0.29, 0.717) is 16.8 Å². The molecule has 1 heterocycles. The van der Waals surface area contributed by atoms with Crippen LogP contribution in [-0.4, -0.2) is 54.2 Å². The van der Waals surface area contributed by atoms with Crippen LogP contribution >= 0.6 is 0 Å². The molecule has 0 aliphatic carbocycles. The van der Waals surface area contributed by atoms with Crippen molar-refractivity contribution in [3.8, 4) is 0 Å². The number of carboxylic acid groups (broad SMARTS) is 1. The number of carbonyl (C=O) groups is 3. The number of likely N-dealkylation sites (N-methyl/N-ethyl adjacent to an activating group) is 1. The fraction of sp³-hybridized carbons (Fsp3) is 0.385. The number of alkyl halides is 6. The SMILES string of the molecule is CN1C(=O)[C@@H](NC(=O)[C@H](CCC(F)(F)F)[C@@H](CCC(F)(F)F)C(=O)O)N=C(c2ccccc2)c2ccccc21. The summed E-state index contributed by atoms with van der Waals surface area (Å²) in [5, 5.41) is 11.8. The third-order valence-corrected chi connectivity index (χ3v) is 6.29. The molecule has 0 fully saturated rings. The van der Waals surface area contributed by atoms with E-state index < -0.39 is 73.8 Å². The molecule has 210 valence electrons. The number of halogens is 6. The Bertz CT molecular complexity index is 1230. The van der Waals surface area contributed by atoms with Crippen LogP contribution < -0.4 is 10.2 Å². The number of aliphatic carboxylic acids is 1. The highest BCUT2D eigenvalue weighted by molar-refractivity contribution is 6.20. The fourth-order valence-electron chi connectivity index (χ4n) is 4.33. The number of para-hydroxylation sites is 1. The minimum Gasteiger partial charge on any atom is -0.481 e. The maximum atomic E-state index is 13.3. The topological polar surface area (TPSA) is 99.1 Å². The van der Waals surface area contributed by atoms with Gasteiger partial charge in [-0.1, -0.05) is 48.5 Å². The van der Waals surface area contributed by atoms with Crippen LogP contribution in [0.1, 0.15) is 36.8 Å². The van der Waals surface area contributed by atoms with Crippen molar-refractivity contribution >= 4 is 29.2 Å². The van der Waals surface area contributed by atoms with Gasteiger partial charge in [0.05, 0.1) is 23.2 Å². The molecule has 3 atom stereocenters. The van der Waals surface area contributed by atoms with E-state index in [1.165, 1.54) is 11.9 Å². The molecular formula is C26H25F6N3O4. The zero-order valence-corrected chi connectivity index (χ0v) is 20.6. The average Bonchev–Trinajstić information content (AvgIpc) is 2.95. The van der Waals surface area contributed by atoms with E-state index in [2.05, 4.69) is 10.3 Å². The Hall–Kier alpha value is -3.90. The number of carboxylic acids is 1. The van der Waals surface area contributed by atoms with E-state index in [4.69, 9.17) is 0 Å². The second kappa shape index (κ2) is 11.9. The third-order valence-electron chi connectivity index (χ3n) is 6.29. The Morgan fingerprint density at radius 3 is 2.03 bits per heavy atom. The number of carbonyl (C=O) groups excluding carboxylic acids is 2. The molecule has 2 amide bonds. The number of hydrogen-bond acceptors (Lipinski definition) is 4. The van der Waals surface area contributed by atoms with E-state index in [9.17, 15) is 45.8 Å². The van der Waals surface area contributed by atoms with Gasteiger partial charge in [-0.2, -0.15) is 26.3 Å². The van der Waals surface area contributed by atoms with Crippen molar-refractivity contribution in [3.05, 3.63) is 65.7 Å². The Morgan fingerprint density at radius 1 is 0.923 bits per heavy atom. The number of nitrogens with one attached hydrogen (secondary N) is 1. The second-order valence-corrected chi connectivity index (χ2v) is 9.03. The minimum atomic E-state index is -4.80. The molecule has 1 aliphatic heterocycles. The van der Waals surface area contributed by atoms with Crippen LogP contribution in [0.2, 0.25) is 0 Å². The molecule has 2 aromatic carbocycles. The van der Waals surface area contributed by atoms with E-state index in [1.807, 2.05) is 0 Å².